The molecule has 182 valence electrons. The van der Waals surface area contributed by atoms with E-state index in [9.17, 15) is 4.79 Å². The minimum absolute atomic E-state index is 0.106. The third kappa shape index (κ3) is 7.64. The van der Waals surface area contributed by atoms with Gasteiger partial charge in [0.2, 0.25) is 5.75 Å². The first-order valence-corrected chi connectivity index (χ1v) is 12.4. The van der Waals surface area contributed by atoms with Crippen LogP contribution < -0.4 is 14.2 Å². The smallest absolute Gasteiger partial charge is 0.203 e. The third-order valence-electron chi connectivity index (χ3n) is 5.38. The van der Waals surface area contributed by atoms with Crippen LogP contribution in [-0.2, 0) is 0 Å². The van der Waals surface area contributed by atoms with E-state index in [4.69, 9.17) is 19.2 Å². The largest absolute Gasteiger partial charge is 0.493 e. The fourth-order valence-corrected chi connectivity index (χ4v) is 4.51. The molecule has 0 saturated heterocycles. The highest BCUT2D eigenvalue weighted by Crippen LogP contribution is 2.39. The Balaban J connectivity index is 2.24. The molecule has 0 amide bonds. The third-order valence-corrected chi connectivity index (χ3v) is 6.46. The average molecular weight is 475 g/mol. The maximum absolute atomic E-state index is 13.5. The molecule has 2 rings (SSSR count). The molecule has 0 fully saturated rings. The first-order valence-electron chi connectivity index (χ1n) is 11.5. The van der Waals surface area contributed by atoms with Crippen molar-refractivity contribution in [3.63, 3.8) is 0 Å². The molecule has 0 aliphatic heterocycles. The van der Waals surface area contributed by atoms with E-state index in [0.717, 1.165) is 29.4 Å². The second-order valence-electron chi connectivity index (χ2n) is 8.55. The number of pyridine rings is 1. The Morgan fingerprint density at radius 1 is 0.970 bits per heavy atom. The summed E-state index contributed by atoms with van der Waals surface area (Å²) in [6, 6.07) is 7.23. The van der Waals surface area contributed by atoms with Crippen LogP contribution in [0.1, 0.15) is 67.1 Å². The fourth-order valence-electron chi connectivity index (χ4n) is 3.48. The van der Waals surface area contributed by atoms with Gasteiger partial charge in [-0.1, -0.05) is 26.7 Å². The maximum Gasteiger partial charge on any atom is 0.203 e. The summed E-state index contributed by atoms with van der Waals surface area (Å²) >= 11 is 1.66. The first kappa shape index (κ1) is 27.0. The van der Waals surface area contributed by atoms with Crippen molar-refractivity contribution < 1.29 is 19.0 Å². The van der Waals surface area contributed by atoms with E-state index in [1.165, 1.54) is 19.3 Å². The molecule has 0 unspecified atom stereocenters. The average Bonchev–Trinajstić information content (AvgIpc) is 2.81. The second kappa shape index (κ2) is 13.5. The summed E-state index contributed by atoms with van der Waals surface area (Å²) in [6.45, 7) is 5.35. The number of carbonyl (C=O) groups is 1. The Labute approximate surface area is 203 Å². The number of rotatable bonds is 14. The summed E-state index contributed by atoms with van der Waals surface area (Å²) in [5.74, 6) is 2.50. The van der Waals surface area contributed by atoms with E-state index in [2.05, 4.69) is 32.8 Å². The Bertz CT molecular complexity index is 890. The first-order chi connectivity index (χ1) is 15.8. The van der Waals surface area contributed by atoms with E-state index in [-0.39, 0.29) is 5.78 Å². The van der Waals surface area contributed by atoms with Crippen molar-refractivity contribution in [1.29, 1.82) is 0 Å². The number of hydrogen-bond donors (Lipinski definition) is 0. The van der Waals surface area contributed by atoms with Crippen LogP contribution in [0.2, 0.25) is 0 Å². The number of unbranched alkanes of at least 4 members (excludes halogenated alkanes) is 3. The van der Waals surface area contributed by atoms with Crippen LogP contribution in [0.5, 0.6) is 17.2 Å². The summed E-state index contributed by atoms with van der Waals surface area (Å²) in [5.41, 5.74) is 2.07. The van der Waals surface area contributed by atoms with Gasteiger partial charge in [-0.25, -0.2) is 4.98 Å². The SMILES string of the molecule is COc1cc(C(=O)c2ccc(C(C)C)nc2SCCCCCCN(C)C)cc(OC)c1OC. The normalized spacial score (nSPS) is 11.2. The Morgan fingerprint density at radius 3 is 2.15 bits per heavy atom. The molecule has 2 aromatic rings. The number of thioether (sulfide) groups is 1. The second-order valence-corrected chi connectivity index (χ2v) is 9.64. The number of methoxy groups -OCH3 is 3. The van der Waals surface area contributed by atoms with E-state index >= 15 is 0 Å². The zero-order chi connectivity index (χ0) is 24.4. The highest BCUT2D eigenvalue weighted by molar-refractivity contribution is 7.99. The fraction of sp³-hybridized carbons (Fsp3) is 0.538. The van der Waals surface area contributed by atoms with Gasteiger partial charge in [0.25, 0.3) is 0 Å². The topological polar surface area (TPSA) is 60.9 Å². The molecule has 33 heavy (non-hydrogen) atoms. The van der Waals surface area contributed by atoms with E-state index < -0.39 is 0 Å². The molecular weight excluding hydrogens is 436 g/mol. The molecule has 0 saturated carbocycles. The van der Waals surface area contributed by atoms with Crippen LogP contribution in [0.15, 0.2) is 29.3 Å². The molecule has 1 aromatic heterocycles. The highest BCUT2D eigenvalue weighted by atomic mass is 32.2. The highest BCUT2D eigenvalue weighted by Gasteiger charge is 2.21. The van der Waals surface area contributed by atoms with Crippen molar-refractivity contribution in [2.75, 3.05) is 47.7 Å². The van der Waals surface area contributed by atoms with E-state index in [1.54, 1.807) is 45.2 Å². The van der Waals surface area contributed by atoms with Crippen LogP contribution in [-0.4, -0.2) is 63.4 Å². The predicted molar refractivity (Wildman–Crippen MR) is 136 cm³/mol. The van der Waals surface area contributed by atoms with Gasteiger partial charge in [-0.2, -0.15) is 0 Å². The summed E-state index contributed by atoms with van der Waals surface area (Å²) in [6.07, 6.45) is 4.71. The molecule has 0 bridgehead atoms. The molecule has 7 heteroatoms. The van der Waals surface area contributed by atoms with Crippen LogP contribution in [0.25, 0.3) is 0 Å². The number of nitrogens with zero attached hydrogens (tertiary/aromatic N) is 2. The van der Waals surface area contributed by atoms with Gasteiger partial charge in [-0.15, -0.1) is 11.8 Å². The standard InChI is InChI=1S/C26H38N2O4S/c1-18(2)21-13-12-20(26(27-21)33-15-11-9-8-10-14-28(3)4)24(29)19-16-22(30-5)25(32-7)23(17-19)31-6/h12-13,16-18H,8-11,14-15H2,1-7H3. The van der Waals surface area contributed by atoms with Gasteiger partial charge in [-0.05, 0) is 69.4 Å². The molecule has 0 spiro atoms. The summed E-state index contributed by atoms with van der Waals surface area (Å²) in [4.78, 5) is 20.6. The summed E-state index contributed by atoms with van der Waals surface area (Å²) in [5, 5.41) is 0.785. The number of aromatic nitrogens is 1. The molecule has 1 aromatic carbocycles. The molecule has 0 aliphatic rings. The molecule has 0 N–H and O–H groups in total. The van der Waals surface area contributed by atoms with Gasteiger partial charge in [0.05, 0.1) is 26.9 Å². The molecular formula is C26H38N2O4S. The minimum Gasteiger partial charge on any atom is -0.493 e. The number of carbonyl (C=O) groups excluding carboxylic acids is 1. The van der Waals surface area contributed by atoms with Crippen LogP contribution >= 0.6 is 11.8 Å². The Kier molecular flexibility index (Phi) is 11.0. The molecule has 1 heterocycles. The summed E-state index contributed by atoms with van der Waals surface area (Å²) < 4.78 is 16.3. The zero-order valence-corrected chi connectivity index (χ0v) is 21.9. The lowest BCUT2D eigenvalue weighted by Gasteiger charge is -2.15. The van der Waals surface area contributed by atoms with Gasteiger partial charge < -0.3 is 19.1 Å². The van der Waals surface area contributed by atoms with Gasteiger partial charge in [0.1, 0.15) is 5.03 Å². The number of benzene rings is 1. The minimum atomic E-state index is -0.106. The lowest BCUT2D eigenvalue weighted by Crippen LogP contribution is -2.12. The molecule has 0 radical (unpaired) electrons. The lowest BCUT2D eigenvalue weighted by molar-refractivity contribution is 0.103. The van der Waals surface area contributed by atoms with Crippen molar-refractivity contribution in [2.24, 2.45) is 0 Å². The maximum atomic E-state index is 13.5. The number of ketones is 1. The monoisotopic (exact) mass is 474 g/mol. The van der Waals surface area contributed by atoms with Crippen LogP contribution in [0.3, 0.4) is 0 Å². The van der Waals surface area contributed by atoms with Crippen LogP contribution in [0, 0.1) is 0 Å². The van der Waals surface area contributed by atoms with Gasteiger partial charge in [0.15, 0.2) is 17.3 Å². The van der Waals surface area contributed by atoms with Crippen LogP contribution in [0.4, 0.5) is 0 Å². The number of ether oxygens (including phenoxy) is 3. The van der Waals surface area contributed by atoms with Crippen molar-refractivity contribution in [2.45, 2.75) is 50.5 Å². The summed E-state index contributed by atoms with van der Waals surface area (Å²) in [7, 11) is 8.85. The van der Waals surface area contributed by atoms with Crippen molar-refractivity contribution in [3.05, 3.63) is 41.1 Å². The van der Waals surface area contributed by atoms with E-state index in [0.29, 0.717) is 34.3 Å². The lowest BCUT2D eigenvalue weighted by atomic mass is 10.0. The van der Waals surface area contributed by atoms with Crippen molar-refractivity contribution in [1.82, 2.24) is 9.88 Å². The van der Waals surface area contributed by atoms with E-state index in [1.807, 2.05) is 12.1 Å². The Morgan fingerprint density at radius 2 is 1.61 bits per heavy atom. The van der Waals surface area contributed by atoms with Gasteiger partial charge >= 0.3 is 0 Å². The number of hydrogen-bond acceptors (Lipinski definition) is 7. The molecule has 6 nitrogen and oxygen atoms in total. The van der Waals surface area contributed by atoms with Gasteiger partial charge in [-0.3, -0.25) is 4.79 Å². The Hall–Kier alpha value is -2.25. The molecule has 0 atom stereocenters. The zero-order valence-electron chi connectivity index (χ0n) is 21.1. The van der Waals surface area contributed by atoms with Gasteiger partial charge in [0, 0.05) is 11.3 Å². The van der Waals surface area contributed by atoms with Crippen molar-refractivity contribution in [3.8, 4) is 17.2 Å². The van der Waals surface area contributed by atoms with Crippen molar-refractivity contribution >= 4 is 17.5 Å². The molecule has 0 aliphatic carbocycles. The quantitative estimate of drug-likeness (QED) is 0.198. The predicted octanol–water partition coefficient (Wildman–Crippen LogP) is 5.68.